The van der Waals surface area contributed by atoms with Gasteiger partial charge in [0.05, 0.1) is 6.04 Å². The van der Waals surface area contributed by atoms with Gasteiger partial charge in [-0.3, -0.25) is 4.79 Å². The zero-order valence-electron chi connectivity index (χ0n) is 12.5. The van der Waals surface area contributed by atoms with E-state index in [1.54, 1.807) is 0 Å². The van der Waals surface area contributed by atoms with Crippen molar-refractivity contribution in [2.24, 2.45) is 0 Å². The zero-order chi connectivity index (χ0) is 16.8. The molecular formula is C18H16N2O3. The Labute approximate surface area is 134 Å². The number of benzene rings is 2. The topological polar surface area (TPSA) is 93.4 Å². The molecule has 3 N–H and O–H groups in total. The number of carbonyl (C=O) groups is 1. The van der Waals surface area contributed by atoms with Gasteiger partial charge in [-0.15, -0.1) is 0 Å². The number of phenolic OH excluding ortho intramolecular Hbond substituents is 2. The number of hydrogen-bond acceptors (Lipinski definition) is 4. The molecule has 0 fully saturated rings. The van der Waals surface area contributed by atoms with Gasteiger partial charge in [0.25, 0.3) is 5.91 Å². The molecule has 5 nitrogen and oxygen atoms in total. The normalized spacial score (nSPS) is 12.3. The fraction of sp³-hybridized carbons (Fsp3) is 0.111. The van der Waals surface area contributed by atoms with Crippen molar-refractivity contribution in [2.45, 2.75) is 13.0 Å². The lowest BCUT2D eigenvalue weighted by molar-refractivity contribution is -0.117. The van der Waals surface area contributed by atoms with Crippen LogP contribution in [0.25, 0.3) is 6.08 Å². The van der Waals surface area contributed by atoms with Crippen LogP contribution in [0.15, 0.2) is 54.1 Å². The average molecular weight is 308 g/mol. The lowest BCUT2D eigenvalue weighted by Crippen LogP contribution is -2.27. The van der Waals surface area contributed by atoms with Gasteiger partial charge in [0.1, 0.15) is 11.6 Å². The summed E-state index contributed by atoms with van der Waals surface area (Å²) >= 11 is 0. The Kier molecular flexibility index (Phi) is 5.00. The van der Waals surface area contributed by atoms with E-state index in [9.17, 15) is 20.3 Å². The molecule has 0 aromatic heterocycles. The molecule has 2 rings (SSSR count). The molecule has 0 radical (unpaired) electrons. The van der Waals surface area contributed by atoms with Gasteiger partial charge in [0.2, 0.25) is 0 Å². The summed E-state index contributed by atoms with van der Waals surface area (Å²) in [5, 5.41) is 30.7. The average Bonchev–Trinajstić information content (AvgIpc) is 2.56. The molecule has 116 valence electrons. The van der Waals surface area contributed by atoms with Crippen molar-refractivity contribution in [3.05, 3.63) is 65.2 Å². The second-order valence-electron chi connectivity index (χ2n) is 5.02. The van der Waals surface area contributed by atoms with E-state index in [0.29, 0.717) is 5.56 Å². The number of phenols is 2. The maximum atomic E-state index is 12.2. The van der Waals surface area contributed by atoms with Gasteiger partial charge >= 0.3 is 0 Å². The predicted molar refractivity (Wildman–Crippen MR) is 86.4 cm³/mol. The molecule has 0 aliphatic carbocycles. The third-order valence-electron chi connectivity index (χ3n) is 3.32. The van der Waals surface area contributed by atoms with Crippen molar-refractivity contribution in [3.8, 4) is 17.6 Å². The molecule has 23 heavy (non-hydrogen) atoms. The first-order valence-corrected chi connectivity index (χ1v) is 7.01. The second kappa shape index (κ2) is 7.14. The quantitative estimate of drug-likeness (QED) is 0.460. The van der Waals surface area contributed by atoms with Gasteiger partial charge < -0.3 is 15.5 Å². The predicted octanol–water partition coefficient (Wildman–Crippen LogP) is 2.88. The summed E-state index contributed by atoms with van der Waals surface area (Å²) in [5.74, 6) is -1.08. The van der Waals surface area contributed by atoms with Gasteiger partial charge in [-0.1, -0.05) is 36.4 Å². The van der Waals surface area contributed by atoms with Crippen LogP contribution in [0.1, 0.15) is 24.1 Å². The summed E-state index contributed by atoms with van der Waals surface area (Å²) in [4.78, 5) is 12.2. The molecule has 0 bridgehead atoms. The molecule has 1 amide bonds. The van der Waals surface area contributed by atoms with Crippen molar-refractivity contribution in [2.75, 3.05) is 0 Å². The van der Waals surface area contributed by atoms with E-state index in [-0.39, 0.29) is 23.1 Å². The molecule has 1 atom stereocenters. The van der Waals surface area contributed by atoms with Crippen molar-refractivity contribution >= 4 is 12.0 Å². The highest BCUT2D eigenvalue weighted by Gasteiger charge is 2.14. The Morgan fingerprint density at radius 3 is 2.48 bits per heavy atom. The maximum Gasteiger partial charge on any atom is 0.262 e. The van der Waals surface area contributed by atoms with Crippen LogP contribution in [0.4, 0.5) is 0 Å². The number of nitrogens with zero attached hydrogens (tertiary/aromatic N) is 1. The van der Waals surface area contributed by atoms with Gasteiger partial charge in [0.15, 0.2) is 11.5 Å². The van der Waals surface area contributed by atoms with Gasteiger partial charge in [-0.2, -0.15) is 5.26 Å². The smallest absolute Gasteiger partial charge is 0.262 e. The summed E-state index contributed by atoms with van der Waals surface area (Å²) in [6.45, 7) is 1.83. The summed E-state index contributed by atoms with van der Waals surface area (Å²) in [6.07, 6.45) is 1.35. The van der Waals surface area contributed by atoms with Crippen LogP contribution < -0.4 is 5.32 Å². The summed E-state index contributed by atoms with van der Waals surface area (Å²) in [6, 6.07) is 15.1. The summed E-state index contributed by atoms with van der Waals surface area (Å²) in [7, 11) is 0. The molecule has 2 aromatic rings. The first-order chi connectivity index (χ1) is 11.0. The number of aromatic hydroxyl groups is 2. The largest absolute Gasteiger partial charge is 0.504 e. The van der Waals surface area contributed by atoms with Gasteiger partial charge in [-0.25, -0.2) is 0 Å². The van der Waals surface area contributed by atoms with Crippen LogP contribution in [0, 0.1) is 11.3 Å². The lowest BCUT2D eigenvalue weighted by Gasteiger charge is -2.13. The number of nitriles is 1. The van der Waals surface area contributed by atoms with E-state index >= 15 is 0 Å². The van der Waals surface area contributed by atoms with Crippen molar-refractivity contribution in [1.29, 1.82) is 5.26 Å². The third-order valence-corrected chi connectivity index (χ3v) is 3.32. The minimum Gasteiger partial charge on any atom is -0.504 e. The van der Waals surface area contributed by atoms with Crippen molar-refractivity contribution < 1.29 is 15.0 Å². The number of nitrogens with one attached hydrogen (secondary N) is 1. The number of amides is 1. The maximum absolute atomic E-state index is 12.2. The van der Waals surface area contributed by atoms with Crippen LogP contribution in [0.5, 0.6) is 11.5 Å². The van der Waals surface area contributed by atoms with Crippen molar-refractivity contribution in [3.63, 3.8) is 0 Å². The minimum absolute atomic E-state index is 0.0853. The first-order valence-electron chi connectivity index (χ1n) is 7.01. The Hall–Kier alpha value is -3.26. The third kappa shape index (κ3) is 4.11. The summed E-state index contributed by atoms with van der Waals surface area (Å²) < 4.78 is 0. The van der Waals surface area contributed by atoms with E-state index in [0.717, 1.165) is 5.56 Å². The monoisotopic (exact) mass is 308 g/mol. The van der Waals surface area contributed by atoms with E-state index in [4.69, 9.17) is 0 Å². The van der Waals surface area contributed by atoms with Crippen LogP contribution in [0.3, 0.4) is 0 Å². The minimum atomic E-state index is -0.503. The van der Waals surface area contributed by atoms with Crippen molar-refractivity contribution in [1.82, 2.24) is 5.32 Å². The Balaban J connectivity index is 2.17. The molecular weight excluding hydrogens is 292 g/mol. The van der Waals surface area contributed by atoms with E-state index in [1.807, 2.05) is 43.3 Å². The molecule has 0 saturated heterocycles. The van der Waals surface area contributed by atoms with Gasteiger partial charge in [0, 0.05) is 0 Å². The van der Waals surface area contributed by atoms with E-state index < -0.39 is 5.91 Å². The molecule has 0 aliphatic heterocycles. The van der Waals surface area contributed by atoms with Crippen LogP contribution in [-0.4, -0.2) is 16.1 Å². The fourth-order valence-electron chi connectivity index (χ4n) is 2.04. The zero-order valence-corrected chi connectivity index (χ0v) is 12.5. The molecule has 0 unspecified atom stereocenters. The van der Waals surface area contributed by atoms with Crippen LogP contribution >= 0.6 is 0 Å². The highest BCUT2D eigenvalue weighted by atomic mass is 16.3. The molecule has 2 aromatic carbocycles. The second-order valence-corrected chi connectivity index (χ2v) is 5.02. The Morgan fingerprint density at radius 2 is 1.87 bits per heavy atom. The van der Waals surface area contributed by atoms with Gasteiger partial charge in [-0.05, 0) is 36.3 Å². The van der Waals surface area contributed by atoms with E-state index in [2.05, 4.69) is 5.32 Å². The molecule has 0 heterocycles. The number of rotatable bonds is 4. The number of carbonyl (C=O) groups excluding carboxylic acids is 1. The first kappa shape index (κ1) is 16.1. The fourth-order valence-corrected chi connectivity index (χ4v) is 2.04. The highest BCUT2D eigenvalue weighted by Crippen LogP contribution is 2.26. The molecule has 0 spiro atoms. The number of hydrogen-bond donors (Lipinski definition) is 3. The molecule has 0 saturated carbocycles. The lowest BCUT2D eigenvalue weighted by atomic mass is 10.1. The standard InChI is InChI=1S/C18H16N2O3/c1-12(14-5-3-2-4-6-14)20-18(23)15(11-19)9-13-7-8-16(21)17(22)10-13/h2-10,12,21-22H,1H3,(H,20,23)/t12-/m1/s1. The van der Waals surface area contributed by atoms with E-state index in [1.165, 1.54) is 24.3 Å². The van der Waals surface area contributed by atoms with Crippen LogP contribution in [-0.2, 0) is 4.79 Å². The Morgan fingerprint density at radius 1 is 1.17 bits per heavy atom. The Bertz CT molecular complexity index is 777. The summed E-state index contributed by atoms with van der Waals surface area (Å²) in [5.41, 5.74) is 1.29. The SMILES string of the molecule is C[C@@H](NC(=O)C(C#N)=Cc1ccc(O)c(O)c1)c1ccccc1. The highest BCUT2D eigenvalue weighted by molar-refractivity contribution is 6.01. The molecule has 0 aliphatic rings. The van der Waals surface area contributed by atoms with Crippen LogP contribution in [0.2, 0.25) is 0 Å². The molecule has 5 heteroatoms.